The molecule has 12 rings (SSSR count). The van der Waals surface area contributed by atoms with E-state index in [0.717, 1.165) is 45.4 Å². The number of phenolic OH excluding ortho intramolecular Hbond substituents is 6. The van der Waals surface area contributed by atoms with Crippen LogP contribution in [0.3, 0.4) is 0 Å². The van der Waals surface area contributed by atoms with Gasteiger partial charge in [0.2, 0.25) is 0 Å². The number of fused-ring (bicyclic) bond motifs is 6. The van der Waals surface area contributed by atoms with Crippen LogP contribution in [0.25, 0.3) is 33.4 Å². The molecule has 84 heavy (non-hydrogen) atoms. The Labute approximate surface area is 489 Å². The van der Waals surface area contributed by atoms with Crippen LogP contribution in [0.4, 0.5) is 0 Å². The van der Waals surface area contributed by atoms with Gasteiger partial charge in [0.1, 0.15) is 40.3 Å². The maximum atomic E-state index is 13.4. The molecule has 8 heteroatoms. The minimum atomic E-state index is -1.06. The van der Waals surface area contributed by atoms with Crippen LogP contribution >= 0.6 is 0 Å². The zero-order valence-corrected chi connectivity index (χ0v) is 46.6. The Balaban J connectivity index is 1.16. The molecular formula is C76H64O8. The van der Waals surface area contributed by atoms with Gasteiger partial charge in [0.25, 0.3) is 0 Å². The predicted molar refractivity (Wildman–Crippen MR) is 334 cm³/mol. The molecule has 9 aromatic carbocycles. The third kappa shape index (κ3) is 10.4. The van der Waals surface area contributed by atoms with Crippen LogP contribution in [-0.4, -0.2) is 40.9 Å². The second kappa shape index (κ2) is 22.6. The molecule has 0 saturated heterocycles. The maximum Gasteiger partial charge on any atom is 0.123 e. The molecule has 0 spiro atoms. The molecular weight excluding hydrogens is 1040 g/mol. The Morgan fingerprint density at radius 2 is 0.798 bits per heavy atom. The average Bonchev–Trinajstić information content (AvgIpc) is 3.17. The minimum Gasteiger partial charge on any atom is -0.512 e. The van der Waals surface area contributed by atoms with E-state index in [1.165, 1.54) is 31.2 Å². The third-order valence-corrected chi connectivity index (χ3v) is 17.3. The molecule has 9 aromatic rings. The summed E-state index contributed by atoms with van der Waals surface area (Å²) in [6, 6.07) is 61.9. The normalized spacial score (nSPS) is 21.5. The van der Waals surface area contributed by atoms with Crippen molar-refractivity contribution in [3.05, 3.63) is 322 Å². The molecule has 0 radical (unpaired) electrons. The first-order chi connectivity index (χ1) is 40.7. The summed E-state index contributed by atoms with van der Waals surface area (Å²) in [7, 11) is 0. The van der Waals surface area contributed by atoms with Crippen molar-refractivity contribution in [1.82, 2.24) is 0 Å². The fourth-order valence-electron chi connectivity index (χ4n) is 12.9. The molecule has 0 fully saturated rings. The Morgan fingerprint density at radius 1 is 0.429 bits per heavy atom. The van der Waals surface area contributed by atoms with Gasteiger partial charge < -0.3 is 40.9 Å². The van der Waals surface area contributed by atoms with E-state index < -0.39 is 29.1 Å². The molecule has 3 aliphatic rings. The summed E-state index contributed by atoms with van der Waals surface area (Å²) >= 11 is 0. The highest BCUT2D eigenvalue weighted by molar-refractivity contribution is 5.70. The van der Waals surface area contributed by atoms with Crippen LogP contribution in [0.2, 0.25) is 0 Å². The van der Waals surface area contributed by atoms with Crippen molar-refractivity contribution in [3.8, 4) is 67.9 Å². The van der Waals surface area contributed by atoms with Crippen LogP contribution in [0.1, 0.15) is 100 Å². The highest BCUT2D eigenvalue weighted by Gasteiger charge is 2.41. The maximum absolute atomic E-state index is 13.4. The standard InChI is InChI=1S/C76H64O8/c1-46(77)58-42-71(84)75(76(2)37-35-54(36-38-76)50-21-13-6-14-22-50)64-41-63(69(82)45-70(64)83)74(57-33-27-53(28-34-57)49-19-11-5-12-20-49)62-40-61(67(80)44-68(62)81)73(56-31-25-52(26-32-56)48-17-9-4-10-18-48)60-39-59(65(78)43-66(60)79)72(58)55-29-23-51(24-30-55)47-15-7-3-8-16-47/h3-21,23-37,39-45,50,72-75,77-84H,22,38H2,1-2H3/b58-46-,71-42-. The van der Waals surface area contributed by atoms with E-state index in [4.69, 9.17) is 0 Å². The van der Waals surface area contributed by atoms with Gasteiger partial charge in [-0.2, -0.15) is 0 Å². The summed E-state index contributed by atoms with van der Waals surface area (Å²) in [5.41, 5.74) is 9.52. The van der Waals surface area contributed by atoms with Crippen LogP contribution in [0.5, 0.6) is 34.5 Å². The molecule has 0 aromatic heterocycles. The number of aromatic hydroxyl groups is 6. The number of hydrogen-bond acceptors (Lipinski definition) is 8. The quantitative estimate of drug-likeness (QED) is 0.0698. The van der Waals surface area contributed by atoms with Crippen LogP contribution in [0.15, 0.2) is 271 Å². The third-order valence-electron chi connectivity index (χ3n) is 17.3. The van der Waals surface area contributed by atoms with Gasteiger partial charge in [-0.3, -0.25) is 0 Å². The zero-order chi connectivity index (χ0) is 58.2. The lowest BCUT2D eigenvalue weighted by molar-refractivity contribution is 0.264. The molecule has 0 heterocycles. The molecule has 3 aliphatic carbocycles. The van der Waals surface area contributed by atoms with Crippen molar-refractivity contribution >= 4 is 0 Å². The predicted octanol–water partition coefficient (Wildman–Crippen LogP) is 17.8. The summed E-state index contributed by atoms with van der Waals surface area (Å²) in [4.78, 5) is 0. The summed E-state index contributed by atoms with van der Waals surface area (Å²) in [5, 5.41) is 100. The summed E-state index contributed by atoms with van der Waals surface area (Å²) in [6.45, 7) is 3.53. The van der Waals surface area contributed by atoms with Gasteiger partial charge in [-0.15, -0.1) is 0 Å². The number of benzene rings is 9. The van der Waals surface area contributed by atoms with Crippen molar-refractivity contribution in [1.29, 1.82) is 0 Å². The molecule has 8 nitrogen and oxygen atoms in total. The van der Waals surface area contributed by atoms with Crippen molar-refractivity contribution in [3.63, 3.8) is 0 Å². The Kier molecular flexibility index (Phi) is 14.7. The summed E-state index contributed by atoms with van der Waals surface area (Å²) < 4.78 is 0. The first kappa shape index (κ1) is 54.4. The van der Waals surface area contributed by atoms with E-state index in [1.807, 2.05) is 183 Å². The Hall–Kier alpha value is -10.2. The number of hydrogen-bond donors (Lipinski definition) is 8. The average molecular weight is 1110 g/mol. The molecule has 6 unspecified atom stereocenters. The van der Waals surface area contributed by atoms with E-state index >= 15 is 0 Å². The molecule has 6 bridgehead atoms. The molecule has 0 saturated carbocycles. The second-order valence-electron chi connectivity index (χ2n) is 22.6. The molecule has 8 N–H and O–H groups in total. The van der Waals surface area contributed by atoms with E-state index in [-0.39, 0.29) is 90.9 Å². The van der Waals surface area contributed by atoms with E-state index in [9.17, 15) is 40.9 Å². The topological polar surface area (TPSA) is 162 Å². The summed E-state index contributed by atoms with van der Waals surface area (Å²) in [5.74, 6) is -6.17. The monoisotopic (exact) mass is 1100 g/mol. The van der Waals surface area contributed by atoms with Gasteiger partial charge in [-0.1, -0.05) is 213 Å². The van der Waals surface area contributed by atoms with Crippen molar-refractivity contribution in [2.45, 2.75) is 50.4 Å². The smallest absolute Gasteiger partial charge is 0.123 e. The molecule has 416 valence electrons. The first-order valence-electron chi connectivity index (χ1n) is 28.4. The fourth-order valence-corrected chi connectivity index (χ4v) is 12.9. The first-order valence-corrected chi connectivity index (χ1v) is 28.4. The van der Waals surface area contributed by atoms with Gasteiger partial charge in [0.15, 0.2) is 0 Å². The van der Waals surface area contributed by atoms with Crippen molar-refractivity contribution in [2.75, 3.05) is 0 Å². The van der Waals surface area contributed by atoms with Crippen molar-refractivity contribution in [2.24, 2.45) is 11.3 Å². The lowest BCUT2D eigenvalue weighted by atomic mass is 9.66. The van der Waals surface area contributed by atoms with Crippen molar-refractivity contribution < 1.29 is 40.9 Å². The zero-order valence-electron chi connectivity index (χ0n) is 46.6. The minimum absolute atomic E-state index is 0.138. The largest absolute Gasteiger partial charge is 0.512 e. The Bertz CT molecular complexity index is 4110. The van der Waals surface area contributed by atoms with E-state index in [1.54, 1.807) is 18.2 Å². The van der Waals surface area contributed by atoms with Gasteiger partial charge >= 0.3 is 0 Å². The second-order valence-corrected chi connectivity index (χ2v) is 22.6. The van der Waals surface area contributed by atoms with E-state index in [0.29, 0.717) is 23.1 Å². The van der Waals surface area contributed by atoms with Gasteiger partial charge in [-0.05, 0) is 99.7 Å². The number of allylic oxidation sites excluding steroid dienone is 12. The fraction of sp³-hybridized carbons (Fsp3) is 0.132. The molecule has 0 aliphatic heterocycles. The van der Waals surface area contributed by atoms with Crippen LogP contribution in [-0.2, 0) is 0 Å². The van der Waals surface area contributed by atoms with Gasteiger partial charge in [-0.25, -0.2) is 0 Å². The molecule has 0 amide bonds. The summed E-state index contributed by atoms with van der Waals surface area (Å²) in [6.07, 6.45) is 17.4. The Morgan fingerprint density at radius 3 is 1.17 bits per heavy atom. The SMILES string of the molecule is C/C(O)=C1\C=C(/O)C(C2(C)C=CC(C3C=CC=CC3)=CC2)c2cc(c(O)cc2O)C(c2ccc(-c3ccccc3)cc2)c2cc(c(O)cc2O)C(c2ccc(-c3ccccc3)cc2)c2cc(c(O)cc2O)C1c1ccc(-c2ccccc2)cc1. The highest BCUT2D eigenvalue weighted by Crippen LogP contribution is 2.55. The number of rotatable bonds is 8. The lowest BCUT2D eigenvalue weighted by Crippen LogP contribution is -2.28. The number of phenols is 6. The highest BCUT2D eigenvalue weighted by atomic mass is 16.3. The molecule has 6 atom stereocenters. The van der Waals surface area contributed by atoms with Gasteiger partial charge in [0, 0.05) is 86.2 Å². The lowest BCUT2D eigenvalue weighted by Gasteiger charge is -2.38. The van der Waals surface area contributed by atoms with Crippen LogP contribution in [0, 0.1) is 11.3 Å². The van der Waals surface area contributed by atoms with Gasteiger partial charge in [0.05, 0.1) is 11.7 Å². The number of aliphatic hydroxyl groups is 2. The van der Waals surface area contributed by atoms with Crippen LogP contribution < -0.4 is 0 Å². The number of aliphatic hydroxyl groups excluding tert-OH is 2. The van der Waals surface area contributed by atoms with E-state index in [2.05, 4.69) is 30.4 Å².